The normalized spacial score (nSPS) is 23.5. The molecule has 0 spiro atoms. The molecule has 0 bridgehead atoms. The van der Waals surface area contributed by atoms with Crippen LogP contribution in [0.15, 0.2) is 12.2 Å². The van der Waals surface area contributed by atoms with Gasteiger partial charge in [0.2, 0.25) is 5.91 Å². The predicted octanol–water partition coefficient (Wildman–Crippen LogP) is -0.799. The largest absolute Gasteiger partial charge is 0.330 e. The van der Waals surface area contributed by atoms with Gasteiger partial charge in [0.05, 0.1) is 6.54 Å². The van der Waals surface area contributed by atoms with Crippen LogP contribution in [0.5, 0.6) is 0 Å². The van der Waals surface area contributed by atoms with Crippen molar-refractivity contribution in [3.8, 4) is 0 Å². The van der Waals surface area contributed by atoms with Gasteiger partial charge in [-0.15, -0.1) is 0 Å². The maximum Gasteiger partial charge on any atom is 0.247 e. The van der Waals surface area contributed by atoms with Crippen LogP contribution in [0.1, 0.15) is 0 Å². The predicted molar refractivity (Wildman–Crippen MR) is 64.7 cm³/mol. The third-order valence-corrected chi connectivity index (χ3v) is 3.35. The van der Waals surface area contributed by atoms with E-state index in [1.54, 1.807) is 4.90 Å². The second kappa shape index (κ2) is 5.42. The van der Waals surface area contributed by atoms with Crippen molar-refractivity contribution in [3.63, 3.8) is 0 Å². The zero-order chi connectivity index (χ0) is 12.3. The zero-order valence-electron chi connectivity index (χ0n) is 10.3. The Labute approximate surface area is 102 Å². The molecule has 5 heteroatoms. The Bertz CT molecular complexity index is 333. The van der Waals surface area contributed by atoms with Gasteiger partial charge in [-0.1, -0.05) is 0 Å². The fourth-order valence-electron chi connectivity index (χ4n) is 2.11. The van der Waals surface area contributed by atoms with E-state index in [9.17, 15) is 9.59 Å². The molecule has 1 fully saturated rings. The fraction of sp³-hybridized carbons (Fsp3) is 0.667. The lowest BCUT2D eigenvalue weighted by molar-refractivity contribution is -0.131. The molecule has 1 saturated heterocycles. The molecule has 0 aromatic heterocycles. The van der Waals surface area contributed by atoms with E-state index in [0.717, 1.165) is 32.7 Å². The summed E-state index contributed by atoms with van der Waals surface area (Å²) in [6, 6.07) is 0. The highest BCUT2D eigenvalue weighted by molar-refractivity contribution is 6.04. The van der Waals surface area contributed by atoms with Gasteiger partial charge in [-0.05, 0) is 13.1 Å². The Kier molecular flexibility index (Phi) is 3.91. The number of piperazine rings is 1. The number of rotatable bonds is 3. The lowest BCUT2D eigenvalue weighted by Gasteiger charge is -2.34. The summed E-state index contributed by atoms with van der Waals surface area (Å²) in [5, 5.41) is 0. The molecule has 0 aromatic carbocycles. The first-order valence-electron chi connectivity index (χ1n) is 6.06. The lowest BCUT2D eigenvalue weighted by atomic mass is 10.2. The van der Waals surface area contributed by atoms with Gasteiger partial charge >= 0.3 is 0 Å². The van der Waals surface area contributed by atoms with Crippen molar-refractivity contribution in [2.75, 3.05) is 52.9 Å². The van der Waals surface area contributed by atoms with E-state index in [2.05, 4.69) is 16.8 Å². The molecule has 0 N–H and O–H groups in total. The van der Waals surface area contributed by atoms with Crippen molar-refractivity contribution < 1.29 is 9.59 Å². The van der Waals surface area contributed by atoms with Crippen LogP contribution in [0.2, 0.25) is 0 Å². The first-order chi connectivity index (χ1) is 8.15. The number of hydrogen-bond donors (Lipinski definition) is 0. The SMILES string of the molecule is CN1CCN(CCN2CC(=O)C=CC2=O)CC1. The first-order valence-corrected chi connectivity index (χ1v) is 6.06. The number of hydrogen-bond acceptors (Lipinski definition) is 4. The van der Waals surface area contributed by atoms with E-state index in [0.29, 0.717) is 6.54 Å². The molecule has 0 saturated carbocycles. The van der Waals surface area contributed by atoms with Crippen LogP contribution in [0.3, 0.4) is 0 Å². The van der Waals surface area contributed by atoms with Crippen molar-refractivity contribution >= 4 is 11.7 Å². The summed E-state index contributed by atoms with van der Waals surface area (Å²) < 4.78 is 0. The number of nitrogens with zero attached hydrogens (tertiary/aromatic N) is 3. The molecule has 2 aliphatic rings. The maximum absolute atomic E-state index is 11.5. The highest BCUT2D eigenvalue weighted by Gasteiger charge is 2.20. The molecule has 0 unspecified atom stereocenters. The van der Waals surface area contributed by atoms with Crippen LogP contribution >= 0.6 is 0 Å². The Morgan fingerprint density at radius 3 is 2.47 bits per heavy atom. The molecule has 2 rings (SSSR count). The summed E-state index contributed by atoms with van der Waals surface area (Å²) in [5.41, 5.74) is 0. The fourth-order valence-corrected chi connectivity index (χ4v) is 2.11. The van der Waals surface area contributed by atoms with Crippen molar-refractivity contribution in [3.05, 3.63) is 12.2 Å². The lowest BCUT2D eigenvalue weighted by Crippen LogP contribution is -2.48. The average molecular weight is 237 g/mol. The van der Waals surface area contributed by atoms with Gasteiger partial charge in [0, 0.05) is 45.3 Å². The number of ketones is 1. The Balaban J connectivity index is 1.76. The van der Waals surface area contributed by atoms with E-state index in [1.807, 2.05) is 0 Å². The molecule has 5 nitrogen and oxygen atoms in total. The minimum absolute atomic E-state index is 0.0166. The molecule has 0 aromatic rings. The average Bonchev–Trinajstić information content (AvgIpc) is 2.32. The Morgan fingerprint density at radius 1 is 1.06 bits per heavy atom. The number of likely N-dealkylation sites (N-methyl/N-ethyl adjacent to an activating group) is 1. The number of carbonyl (C=O) groups is 2. The maximum atomic E-state index is 11.5. The van der Waals surface area contributed by atoms with E-state index >= 15 is 0 Å². The Morgan fingerprint density at radius 2 is 1.76 bits per heavy atom. The van der Waals surface area contributed by atoms with E-state index in [4.69, 9.17) is 0 Å². The molecular weight excluding hydrogens is 218 g/mol. The summed E-state index contributed by atoms with van der Waals surface area (Å²) in [4.78, 5) is 29.0. The topological polar surface area (TPSA) is 43.9 Å². The second-order valence-electron chi connectivity index (χ2n) is 4.70. The molecule has 0 radical (unpaired) electrons. The Hall–Kier alpha value is -1.20. The molecule has 2 aliphatic heterocycles. The van der Waals surface area contributed by atoms with Gasteiger partial charge in [-0.2, -0.15) is 0 Å². The first kappa shape index (κ1) is 12.3. The van der Waals surface area contributed by atoms with Gasteiger partial charge in [0.1, 0.15) is 0 Å². The van der Waals surface area contributed by atoms with Crippen molar-refractivity contribution in [1.29, 1.82) is 0 Å². The standard InChI is InChI=1S/C12H19N3O2/c1-13-4-6-14(7-5-13)8-9-15-10-11(16)2-3-12(15)17/h2-3H,4-10H2,1H3. The van der Waals surface area contributed by atoms with Crippen LogP contribution in [0, 0.1) is 0 Å². The van der Waals surface area contributed by atoms with Crippen LogP contribution in [0.4, 0.5) is 0 Å². The summed E-state index contributed by atoms with van der Waals surface area (Å²) >= 11 is 0. The van der Waals surface area contributed by atoms with Crippen LogP contribution in [-0.4, -0.2) is 79.3 Å². The minimum atomic E-state index is -0.0428. The van der Waals surface area contributed by atoms with Crippen LogP contribution in [-0.2, 0) is 9.59 Å². The van der Waals surface area contributed by atoms with Crippen molar-refractivity contribution in [2.45, 2.75) is 0 Å². The van der Waals surface area contributed by atoms with Gasteiger partial charge < -0.3 is 9.80 Å². The molecule has 1 amide bonds. The highest BCUT2D eigenvalue weighted by atomic mass is 16.2. The van der Waals surface area contributed by atoms with Gasteiger partial charge in [0.15, 0.2) is 5.78 Å². The van der Waals surface area contributed by atoms with E-state index in [1.165, 1.54) is 12.2 Å². The minimum Gasteiger partial charge on any atom is -0.330 e. The monoisotopic (exact) mass is 237 g/mol. The highest BCUT2D eigenvalue weighted by Crippen LogP contribution is 2.03. The quantitative estimate of drug-likeness (QED) is 0.645. The summed E-state index contributed by atoms with van der Waals surface area (Å²) in [7, 11) is 2.12. The van der Waals surface area contributed by atoms with Crippen LogP contribution < -0.4 is 0 Å². The van der Waals surface area contributed by atoms with E-state index < -0.39 is 0 Å². The molecule has 94 valence electrons. The number of carbonyl (C=O) groups excluding carboxylic acids is 2. The molecule has 2 heterocycles. The van der Waals surface area contributed by atoms with Gasteiger partial charge in [0.25, 0.3) is 0 Å². The summed E-state index contributed by atoms with van der Waals surface area (Å²) in [6.07, 6.45) is 2.74. The zero-order valence-corrected chi connectivity index (χ0v) is 10.3. The third-order valence-electron chi connectivity index (χ3n) is 3.35. The molecule has 0 atom stereocenters. The third kappa shape index (κ3) is 3.38. The molecule has 17 heavy (non-hydrogen) atoms. The molecule has 0 aliphatic carbocycles. The van der Waals surface area contributed by atoms with Crippen molar-refractivity contribution in [1.82, 2.24) is 14.7 Å². The number of amides is 1. The molecular formula is C12H19N3O2. The second-order valence-corrected chi connectivity index (χ2v) is 4.70. The van der Waals surface area contributed by atoms with Crippen molar-refractivity contribution in [2.24, 2.45) is 0 Å². The van der Waals surface area contributed by atoms with Crippen LogP contribution in [0.25, 0.3) is 0 Å². The summed E-state index contributed by atoms with van der Waals surface area (Å²) in [5.74, 6) is -0.0262. The van der Waals surface area contributed by atoms with Gasteiger partial charge in [-0.25, -0.2) is 0 Å². The van der Waals surface area contributed by atoms with Gasteiger partial charge in [-0.3, -0.25) is 14.5 Å². The van der Waals surface area contributed by atoms with E-state index in [-0.39, 0.29) is 18.2 Å². The summed E-state index contributed by atoms with van der Waals surface area (Å²) in [6.45, 7) is 5.99. The smallest absolute Gasteiger partial charge is 0.247 e.